The Morgan fingerprint density at radius 2 is 1.79 bits per heavy atom. The molecule has 1 heterocycles. The molecule has 1 aliphatic heterocycles. The largest absolute Gasteiger partial charge is 0.398 e. The van der Waals surface area contributed by atoms with Crippen LogP contribution in [0.4, 0.5) is 5.69 Å². The highest BCUT2D eigenvalue weighted by Crippen LogP contribution is 2.21. The van der Waals surface area contributed by atoms with E-state index in [9.17, 15) is 4.79 Å². The molecule has 1 amide bonds. The highest BCUT2D eigenvalue weighted by atomic mass is 16.5. The van der Waals surface area contributed by atoms with Crippen molar-refractivity contribution >= 4 is 11.6 Å². The van der Waals surface area contributed by atoms with E-state index in [4.69, 9.17) is 10.5 Å². The Labute approximate surface area is 114 Å². The molecule has 2 rings (SSSR count). The highest BCUT2D eigenvalue weighted by molar-refractivity contribution is 5.96. The Morgan fingerprint density at radius 3 is 2.37 bits per heavy atom. The molecule has 2 atom stereocenters. The molecule has 2 N–H and O–H groups in total. The number of carbonyl (C=O) groups excluding carboxylic acids is 1. The van der Waals surface area contributed by atoms with Gasteiger partial charge in [0, 0.05) is 24.3 Å². The molecule has 1 saturated heterocycles. The van der Waals surface area contributed by atoms with Crippen LogP contribution in [-0.4, -0.2) is 36.1 Å². The number of benzene rings is 1. The van der Waals surface area contributed by atoms with Crippen LogP contribution in [0.25, 0.3) is 0 Å². The van der Waals surface area contributed by atoms with Crippen molar-refractivity contribution in [3.63, 3.8) is 0 Å². The van der Waals surface area contributed by atoms with Crippen LogP contribution >= 0.6 is 0 Å². The van der Waals surface area contributed by atoms with E-state index in [0.717, 1.165) is 11.1 Å². The van der Waals surface area contributed by atoms with E-state index >= 15 is 0 Å². The van der Waals surface area contributed by atoms with E-state index in [0.29, 0.717) is 24.3 Å². The lowest BCUT2D eigenvalue weighted by atomic mass is 10.0. The molecule has 104 valence electrons. The Kier molecular flexibility index (Phi) is 3.80. The van der Waals surface area contributed by atoms with Crippen LogP contribution in [0, 0.1) is 13.8 Å². The first-order valence-electron chi connectivity index (χ1n) is 6.70. The summed E-state index contributed by atoms with van der Waals surface area (Å²) in [7, 11) is 0. The lowest BCUT2D eigenvalue weighted by Gasteiger charge is -2.35. The summed E-state index contributed by atoms with van der Waals surface area (Å²) in [6.07, 6.45) is 0.159. The first-order chi connectivity index (χ1) is 8.88. The van der Waals surface area contributed by atoms with Gasteiger partial charge in [-0.15, -0.1) is 0 Å². The zero-order valence-corrected chi connectivity index (χ0v) is 12.1. The molecule has 0 saturated carbocycles. The van der Waals surface area contributed by atoms with E-state index in [1.807, 2.05) is 38.7 Å². The van der Waals surface area contributed by atoms with Crippen LogP contribution in [0.3, 0.4) is 0 Å². The summed E-state index contributed by atoms with van der Waals surface area (Å²) in [5.74, 6) is 0.0474. The summed E-state index contributed by atoms with van der Waals surface area (Å²) in [6.45, 7) is 9.16. The molecule has 19 heavy (non-hydrogen) atoms. The van der Waals surface area contributed by atoms with E-state index in [2.05, 4.69) is 0 Å². The Bertz CT molecular complexity index is 489. The van der Waals surface area contributed by atoms with Crippen LogP contribution in [0.2, 0.25) is 0 Å². The zero-order valence-electron chi connectivity index (χ0n) is 12.1. The molecule has 0 aromatic heterocycles. The number of carbonyl (C=O) groups is 1. The zero-order chi connectivity index (χ0) is 14.2. The van der Waals surface area contributed by atoms with Gasteiger partial charge in [-0.1, -0.05) is 6.07 Å². The number of aryl methyl sites for hydroxylation is 2. The van der Waals surface area contributed by atoms with Crippen LogP contribution < -0.4 is 5.73 Å². The average molecular weight is 262 g/mol. The van der Waals surface area contributed by atoms with Gasteiger partial charge in [0.1, 0.15) is 0 Å². The summed E-state index contributed by atoms with van der Waals surface area (Å²) in [5.41, 5.74) is 9.27. The van der Waals surface area contributed by atoms with E-state index in [1.165, 1.54) is 0 Å². The highest BCUT2D eigenvalue weighted by Gasteiger charge is 2.27. The van der Waals surface area contributed by atoms with Gasteiger partial charge < -0.3 is 15.4 Å². The fourth-order valence-electron chi connectivity index (χ4n) is 2.61. The summed E-state index contributed by atoms with van der Waals surface area (Å²) < 4.78 is 5.66. The van der Waals surface area contributed by atoms with Crippen molar-refractivity contribution in [3.05, 3.63) is 28.8 Å². The minimum Gasteiger partial charge on any atom is -0.398 e. The number of nitrogen functional groups attached to an aromatic ring is 1. The molecule has 0 spiro atoms. The van der Waals surface area contributed by atoms with E-state index in [-0.39, 0.29) is 18.1 Å². The second-order valence-electron chi connectivity index (χ2n) is 5.49. The van der Waals surface area contributed by atoms with Crippen molar-refractivity contribution in [1.82, 2.24) is 4.90 Å². The van der Waals surface area contributed by atoms with Crippen LogP contribution in [-0.2, 0) is 4.74 Å². The Morgan fingerprint density at radius 1 is 1.21 bits per heavy atom. The van der Waals surface area contributed by atoms with Gasteiger partial charge in [0.05, 0.1) is 12.2 Å². The second-order valence-corrected chi connectivity index (χ2v) is 5.49. The van der Waals surface area contributed by atoms with Crippen molar-refractivity contribution in [2.75, 3.05) is 18.8 Å². The molecule has 0 radical (unpaired) electrons. The monoisotopic (exact) mass is 262 g/mol. The SMILES string of the molecule is Cc1cc(C)c(C(=O)N2C[C@@H](C)O[C@@H](C)C2)cc1N. The number of morpholine rings is 1. The van der Waals surface area contributed by atoms with Crippen molar-refractivity contribution in [3.8, 4) is 0 Å². The average Bonchev–Trinajstić information content (AvgIpc) is 2.31. The molecular weight excluding hydrogens is 240 g/mol. The van der Waals surface area contributed by atoms with Gasteiger partial charge in [0.2, 0.25) is 0 Å². The van der Waals surface area contributed by atoms with Gasteiger partial charge in [0.25, 0.3) is 5.91 Å². The Balaban J connectivity index is 2.26. The van der Waals surface area contributed by atoms with Crippen molar-refractivity contribution < 1.29 is 9.53 Å². The molecule has 0 unspecified atom stereocenters. The molecule has 4 heteroatoms. The number of nitrogens with zero attached hydrogens (tertiary/aromatic N) is 1. The van der Waals surface area contributed by atoms with Crippen molar-refractivity contribution in [2.45, 2.75) is 39.9 Å². The Hall–Kier alpha value is -1.55. The predicted molar refractivity (Wildman–Crippen MR) is 76.2 cm³/mol. The third-order valence-corrected chi connectivity index (χ3v) is 3.55. The van der Waals surface area contributed by atoms with E-state index < -0.39 is 0 Å². The van der Waals surface area contributed by atoms with Gasteiger partial charge in [-0.25, -0.2) is 0 Å². The third kappa shape index (κ3) is 2.89. The minimum absolute atomic E-state index is 0.0474. The number of rotatable bonds is 1. The minimum atomic E-state index is 0.0474. The molecule has 1 aromatic carbocycles. The number of hydrogen-bond donors (Lipinski definition) is 1. The smallest absolute Gasteiger partial charge is 0.254 e. The van der Waals surface area contributed by atoms with Gasteiger partial charge in [-0.3, -0.25) is 4.79 Å². The van der Waals surface area contributed by atoms with Gasteiger partial charge in [-0.2, -0.15) is 0 Å². The fraction of sp³-hybridized carbons (Fsp3) is 0.533. The molecule has 0 bridgehead atoms. The maximum atomic E-state index is 12.6. The van der Waals surface area contributed by atoms with Gasteiger partial charge in [0.15, 0.2) is 0 Å². The van der Waals surface area contributed by atoms with E-state index in [1.54, 1.807) is 6.07 Å². The molecule has 0 aliphatic carbocycles. The third-order valence-electron chi connectivity index (χ3n) is 3.55. The topological polar surface area (TPSA) is 55.6 Å². The summed E-state index contributed by atoms with van der Waals surface area (Å²) >= 11 is 0. The predicted octanol–water partition coefficient (Wildman–Crippen LogP) is 2.14. The number of hydrogen-bond acceptors (Lipinski definition) is 3. The molecule has 1 aliphatic rings. The van der Waals surface area contributed by atoms with Crippen molar-refractivity contribution in [2.24, 2.45) is 0 Å². The lowest BCUT2D eigenvalue weighted by Crippen LogP contribution is -2.48. The van der Waals surface area contributed by atoms with Crippen LogP contribution in [0.15, 0.2) is 12.1 Å². The molecular formula is C15H22N2O2. The second kappa shape index (κ2) is 5.21. The number of ether oxygens (including phenoxy) is 1. The summed E-state index contributed by atoms with van der Waals surface area (Å²) in [4.78, 5) is 14.4. The molecule has 1 aromatic rings. The normalized spacial score (nSPS) is 23.5. The lowest BCUT2D eigenvalue weighted by molar-refractivity contribution is -0.0586. The first-order valence-corrected chi connectivity index (χ1v) is 6.70. The fourth-order valence-corrected chi connectivity index (χ4v) is 2.61. The first kappa shape index (κ1) is 13.9. The molecule has 4 nitrogen and oxygen atoms in total. The standard InChI is InChI=1S/C15H22N2O2/c1-9-5-10(2)14(16)6-13(9)15(18)17-7-11(3)19-12(4)8-17/h5-6,11-12H,7-8,16H2,1-4H3/t11-,12+. The quantitative estimate of drug-likeness (QED) is 0.789. The van der Waals surface area contributed by atoms with Gasteiger partial charge in [-0.05, 0) is 44.9 Å². The number of nitrogens with two attached hydrogens (primary N) is 1. The van der Waals surface area contributed by atoms with Gasteiger partial charge >= 0.3 is 0 Å². The number of amides is 1. The maximum absolute atomic E-state index is 12.6. The van der Waals surface area contributed by atoms with Crippen LogP contribution in [0.5, 0.6) is 0 Å². The maximum Gasteiger partial charge on any atom is 0.254 e. The summed E-state index contributed by atoms with van der Waals surface area (Å²) in [5, 5.41) is 0. The molecule has 1 fully saturated rings. The number of anilines is 1. The summed E-state index contributed by atoms with van der Waals surface area (Å²) in [6, 6.07) is 3.76. The van der Waals surface area contributed by atoms with Crippen LogP contribution in [0.1, 0.15) is 35.3 Å². The van der Waals surface area contributed by atoms with Crippen molar-refractivity contribution in [1.29, 1.82) is 0 Å².